The minimum atomic E-state index is -0.281. The van der Waals surface area contributed by atoms with Gasteiger partial charge in [0, 0.05) is 5.41 Å². The molecule has 4 aromatic heterocycles. The number of H-pyrrole nitrogens is 2. The summed E-state index contributed by atoms with van der Waals surface area (Å²) in [6.45, 7) is 2.15. The average Bonchev–Trinajstić information content (AvgIpc) is 3.50. The zero-order valence-corrected chi connectivity index (χ0v) is 16.1. The van der Waals surface area contributed by atoms with E-state index in [1.54, 1.807) is 22.7 Å². The van der Waals surface area contributed by atoms with Gasteiger partial charge in [-0.25, -0.2) is 9.97 Å². The molecule has 0 bridgehead atoms. The van der Waals surface area contributed by atoms with Gasteiger partial charge in [-0.05, 0) is 41.8 Å². The SMILES string of the molecule is CC1(c2nc(-c3cccs3)n[nH]2)C=CC=C(c2n[nH]c(-c3cccs3)n2)C1. The Bertz CT molecular complexity index is 1120. The van der Waals surface area contributed by atoms with E-state index in [0.717, 1.165) is 45.0 Å². The molecule has 0 amide bonds. The van der Waals surface area contributed by atoms with Crippen molar-refractivity contribution >= 4 is 28.2 Å². The summed E-state index contributed by atoms with van der Waals surface area (Å²) < 4.78 is 0. The van der Waals surface area contributed by atoms with Gasteiger partial charge in [-0.2, -0.15) is 10.2 Å². The molecule has 0 fully saturated rings. The Hall–Kier alpha value is -2.84. The molecule has 1 aliphatic rings. The predicted octanol–water partition coefficient (Wildman–Crippen LogP) is 4.68. The number of aromatic amines is 2. The highest BCUT2D eigenvalue weighted by Crippen LogP contribution is 2.37. The van der Waals surface area contributed by atoms with Crippen molar-refractivity contribution in [3.63, 3.8) is 0 Å². The molecule has 5 rings (SSSR count). The van der Waals surface area contributed by atoms with E-state index in [9.17, 15) is 0 Å². The monoisotopic (exact) mass is 392 g/mol. The van der Waals surface area contributed by atoms with Crippen LogP contribution in [0.3, 0.4) is 0 Å². The molecule has 1 aliphatic carbocycles. The fourth-order valence-electron chi connectivity index (χ4n) is 3.17. The first kappa shape index (κ1) is 16.3. The summed E-state index contributed by atoms with van der Waals surface area (Å²) in [4.78, 5) is 11.6. The van der Waals surface area contributed by atoms with E-state index in [1.165, 1.54) is 0 Å². The molecule has 1 unspecified atom stereocenters. The predicted molar refractivity (Wildman–Crippen MR) is 108 cm³/mol. The van der Waals surface area contributed by atoms with Crippen LogP contribution >= 0.6 is 22.7 Å². The maximum atomic E-state index is 4.74. The number of nitrogens with zero attached hydrogens (tertiary/aromatic N) is 4. The molecule has 4 aromatic rings. The van der Waals surface area contributed by atoms with Crippen LogP contribution in [0.2, 0.25) is 0 Å². The largest absolute Gasteiger partial charge is 0.262 e. The summed E-state index contributed by atoms with van der Waals surface area (Å²) in [7, 11) is 0. The molecule has 8 heteroatoms. The van der Waals surface area contributed by atoms with Crippen LogP contribution < -0.4 is 0 Å². The first-order valence-electron chi connectivity index (χ1n) is 8.53. The topological polar surface area (TPSA) is 83.1 Å². The number of aromatic nitrogens is 6. The summed E-state index contributed by atoms with van der Waals surface area (Å²) in [6, 6.07) is 8.08. The Labute approximate surface area is 163 Å². The summed E-state index contributed by atoms with van der Waals surface area (Å²) in [5, 5.41) is 19.1. The van der Waals surface area contributed by atoms with Crippen molar-refractivity contribution in [1.82, 2.24) is 30.4 Å². The van der Waals surface area contributed by atoms with Crippen molar-refractivity contribution in [3.8, 4) is 21.4 Å². The number of rotatable bonds is 4. The smallest absolute Gasteiger partial charge is 0.191 e. The molecule has 1 atom stereocenters. The number of allylic oxidation sites excluding steroid dienone is 4. The van der Waals surface area contributed by atoms with Crippen LogP contribution in [0.25, 0.3) is 27.0 Å². The first-order chi connectivity index (χ1) is 13.2. The van der Waals surface area contributed by atoms with Gasteiger partial charge in [0.15, 0.2) is 17.5 Å². The number of hydrogen-bond donors (Lipinski definition) is 2. The van der Waals surface area contributed by atoms with Gasteiger partial charge in [0.1, 0.15) is 5.82 Å². The van der Waals surface area contributed by atoms with Crippen molar-refractivity contribution in [1.29, 1.82) is 0 Å². The van der Waals surface area contributed by atoms with Crippen LogP contribution in [-0.4, -0.2) is 30.4 Å². The maximum Gasteiger partial charge on any atom is 0.191 e. The van der Waals surface area contributed by atoms with Crippen molar-refractivity contribution in [2.45, 2.75) is 18.8 Å². The van der Waals surface area contributed by atoms with Gasteiger partial charge < -0.3 is 0 Å². The second-order valence-electron chi connectivity index (χ2n) is 6.62. The molecule has 134 valence electrons. The molecular formula is C19H16N6S2. The fraction of sp³-hybridized carbons (Fsp3) is 0.158. The second-order valence-corrected chi connectivity index (χ2v) is 8.51. The first-order valence-corrected chi connectivity index (χ1v) is 10.3. The van der Waals surface area contributed by atoms with E-state index >= 15 is 0 Å². The van der Waals surface area contributed by atoms with Gasteiger partial charge in [-0.1, -0.05) is 30.4 Å². The number of thiophene rings is 2. The number of nitrogens with one attached hydrogen (secondary N) is 2. The lowest BCUT2D eigenvalue weighted by Crippen LogP contribution is -2.23. The fourth-order valence-corrected chi connectivity index (χ4v) is 4.49. The summed E-state index contributed by atoms with van der Waals surface area (Å²) >= 11 is 3.28. The molecule has 0 radical (unpaired) electrons. The van der Waals surface area contributed by atoms with Gasteiger partial charge in [0.25, 0.3) is 0 Å². The van der Waals surface area contributed by atoms with Crippen LogP contribution in [0.15, 0.2) is 53.3 Å². The van der Waals surface area contributed by atoms with Crippen molar-refractivity contribution in [2.24, 2.45) is 0 Å². The molecule has 6 nitrogen and oxygen atoms in total. The van der Waals surface area contributed by atoms with Crippen LogP contribution in [-0.2, 0) is 5.41 Å². The summed E-state index contributed by atoms with van der Waals surface area (Å²) in [6.07, 6.45) is 7.03. The molecule has 4 heterocycles. The van der Waals surface area contributed by atoms with Crippen LogP contribution in [0, 0.1) is 0 Å². The lowest BCUT2D eigenvalue weighted by atomic mass is 9.79. The summed E-state index contributed by atoms with van der Waals surface area (Å²) in [5.41, 5.74) is 0.796. The molecule has 0 saturated carbocycles. The van der Waals surface area contributed by atoms with Gasteiger partial charge in [0.05, 0.1) is 9.75 Å². The van der Waals surface area contributed by atoms with E-state index in [-0.39, 0.29) is 5.41 Å². The van der Waals surface area contributed by atoms with Crippen LogP contribution in [0.4, 0.5) is 0 Å². The normalized spacial score (nSPS) is 19.4. The minimum Gasteiger partial charge on any atom is -0.262 e. The maximum absolute atomic E-state index is 4.74. The minimum absolute atomic E-state index is 0.281. The lowest BCUT2D eigenvalue weighted by molar-refractivity contribution is 0.565. The zero-order chi connectivity index (χ0) is 18.3. The van der Waals surface area contributed by atoms with Crippen molar-refractivity contribution in [3.05, 3.63) is 64.9 Å². The Kier molecular flexibility index (Phi) is 3.87. The molecule has 0 saturated heterocycles. The third kappa shape index (κ3) is 2.96. The van der Waals surface area contributed by atoms with Crippen LogP contribution in [0.5, 0.6) is 0 Å². The Morgan fingerprint density at radius 1 is 0.963 bits per heavy atom. The van der Waals surface area contributed by atoms with Gasteiger partial charge in [-0.15, -0.1) is 22.7 Å². The van der Waals surface area contributed by atoms with Gasteiger partial charge in [-0.3, -0.25) is 10.2 Å². The zero-order valence-electron chi connectivity index (χ0n) is 14.5. The Balaban J connectivity index is 1.42. The quantitative estimate of drug-likeness (QED) is 0.528. The van der Waals surface area contributed by atoms with E-state index < -0.39 is 0 Å². The van der Waals surface area contributed by atoms with Gasteiger partial charge in [0.2, 0.25) is 0 Å². The average molecular weight is 393 g/mol. The van der Waals surface area contributed by atoms with E-state index in [2.05, 4.69) is 44.5 Å². The highest BCUT2D eigenvalue weighted by atomic mass is 32.1. The standard InChI is InChI=1S/C19H16N6S2/c1-19(18-21-17(24-25-18)14-7-4-10-27-14)8-2-5-12(11-19)15-20-16(23-22-15)13-6-3-9-26-13/h2-10H,11H2,1H3,(H,20,22,23)(H,21,24,25). The molecule has 0 spiro atoms. The highest BCUT2D eigenvalue weighted by molar-refractivity contribution is 7.13. The third-order valence-electron chi connectivity index (χ3n) is 4.61. The molecule has 0 aliphatic heterocycles. The van der Waals surface area contributed by atoms with Crippen molar-refractivity contribution < 1.29 is 0 Å². The molecule has 2 N–H and O–H groups in total. The summed E-state index contributed by atoms with van der Waals surface area (Å²) in [5.74, 6) is 3.12. The second kappa shape index (κ2) is 6.40. The van der Waals surface area contributed by atoms with Crippen LogP contribution in [0.1, 0.15) is 25.0 Å². The van der Waals surface area contributed by atoms with E-state index in [4.69, 9.17) is 4.98 Å². The highest BCUT2D eigenvalue weighted by Gasteiger charge is 2.32. The van der Waals surface area contributed by atoms with E-state index in [0.29, 0.717) is 0 Å². The van der Waals surface area contributed by atoms with E-state index in [1.807, 2.05) is 41.1 Å². The Morgan fingerprint density at radius 2 is 1.74 bits per heavy atom. The lowest BCUT2D eigenvalue weighted by Gasteiger charge is -2.26. The molecular weight excluding hydrogens is 376 g/mol. The molecule has 27 heavy (non-hydrogen) atoms. The Morgan fingerprint density at radius 3 is 2.52 bits per heavy atom. The van der Waals surface area contributed by atoms with Crippen molar-refractivity contribution in [2.75, 3.05) is 0 Å². The number of hydrogen-bond acceptors (Lipinski definition) is 6. The van der Waals surface area contributed by atoms with Gasteiger partial charge >= 0.3 is 0 Å². The molecule has 0 aromatic carbocycles. The third-order valence-corrected chi connectivity index (χ3v) is 6.36.